The van der Waals surface area contributed by atoms with Crippen LogP contribution in [0.2, 0.25) is 0 Å². The molecule has 1 aromatic heterocycles. The minimum atomic E-state index is -0.297. The van der Waals surface area contributed by atoms with Crippen LogP contribution in [0.1, 0.15) is 22.7 Å². The van der Waals surface area contributed by atoms with Crippen LogP contribution in [-0.2, 0) is 0 Å². The van der Waals surface area contributed by atoms with Crippen LogP contribution in [0.25, 0.3) is 0 Å². The highest BCUT2D eigenvalue weighted by Crippen LogP contribution is 2.00. The molecule has 5 nitrogen and oxygen atoms in total. The summed E-state index contributed by atoms with van der Waals surface area (Å²) in [5.41, 5.74) is 0.673. The summed E-state index contributed by atoms with van der Waals surface area (Å²) in [6.07, 6.45) is 0.541. The van der Waals surface area contributed by atoms with E-state index in [4.69, 9.17) is 9.63 Å². The van der Waals surface area contributed by atoms with Crippen molar-refractivity contribution in [1.82, 2.24) is 10.5 Å². The van der Waals surface area contributed by atoms with Crippen LogP contribution < -0.4 is 5.32 Å². The van der Waals surface area contributed by atoms with Gasteiger partial charge < -0.3 is 14.9 Å². The van der Waals surface area contributed by atoms with Crippen LogP contribution in [-0.4, -0.2) is 29.3 Å². The maximum Gasteiger partial charge on any atom is 0.289 e. The number of amides is 1. The van der Waals surface area contributed by atoms with Crippen LogP contribution in [0.3, 0.4) is 0 Å². The third kappa shape index (κ3) is 2.87. The van der Waals surface area contributed by atoms with Crippen molar-refractivity contribution in [1.29, 1.82) is 0 Å². The third-order valence-corrected chi connectivity index (χ3v) is 1.47. The van der Waals surface area contributed by atoms with Gasteiger partial charge >= 0.3 is 0 Å². The topological polar surface area (TPSA) is 75.4 Å². The molecule has 1 heterocycles. The summed E-state index contributed by atoms with van der Waals surface area (Å²) in [5, 5.41) is 14.6. The smallest absolute Gasteiger partial charge is 0.289 e. The molecule has 72 valence electrons. The maximum atomic E-state index is 11.2. The summed E-state index contributed by atoms with van der Waals surface area (Å²) in [5.74, 6) is -0.0931. The van der Waals surface area contributed by atoms with Crippen molar-refractivity contribution in [3.05, 3.63) is 17.5 Å². The first-order valence-corrected chi connectivity index (χ1v) is 4.06. The summed E-state index contributed by atoms with van der Waals surface area (Å²) in [6.45, 7) is 2.25. The lowest BCUT2D eigenvalue weighted by molar-refractivity contribution is 0.0914. The highest BCUT2D eigenvalue weighted by atomic mass is 16.5. The summed E-state index contributed by atoms with van der Waals surface area (Å²) in [6, 6.07) is 1.56. The number of nitrogens with zero attached hydrogens (tertiary/aromatic N) is 1. The average Bonchev–Trinajstić information content (AvgIpc) is 2.52. The lowest BCUT2D eigenvalue weighted by Crippen LogP contribution is -2.24. The first kappa shape index (κ1) is 9.73. The lowest BCUT2D eigenvalue weighted by Gasteiger charge is -1.98. The molecule has 1 amide bonds. The molecule has 0 aliphatic heterocycles. The molecule has 0 fully saturated rings. The number of carbonyl (C=O) groups excluding carboxylic acids is 1. The number of aliphatic hydroxyl groups excluding tert-OH is 1. The monoisotopic (exact) mass is 184 g/mol. The van der Waals surface area contributed by atoms with E-state index in [9.17, 15) is 4.79 Å². The van der Waals surface area contributed by atoms with E-state index in [0.29, 0.717) is 18.7 Å². The van der Waals surface area contributed by atoms with Crippen molar-refractivity contribution in [3.8, 4) is 0 Å². The largest absolute Gasteiger partial charge is 0.396 e. The van der Waals surface area contributed by atoms with Gasteiger partial charge in [-0.1, -0.05) is 5.16 Å². The van der Waals surface area contributed by atoms with Crippen LogP contribution in [0.5, 0.6) is 0 Å². The molecular formula is C8H12N2O3. The SMILES string of the molecule is Cc1cc(C(=O)NCCCO)on1. The minimum absolute atomic E-state index is 0.0652. The van der Waals surface area contributed by atoms with Gasteiger partial charge in [-0.15, -0.1) is 0 Å². The fourth-order valence-electron chi connectivity index (χ4n) is 0.839. The van der Waals surface area contributed by atoms with Crippen LogP contribution >= 0.6 is 0 Å². The second-order valence-corrected chi connectivity index (χ2v) is 2.67. The normalized spacial score (nSPS) is 10.0. The van der Waals surface area contributed by atoms with Gasteiger partial charge in [0.05, 0.1) is 5.69 Å². The third-order valence-electron chi connectivity index (χ3n) is 1.47. The van der Waals surface area contributed by atoms with Crippen LogP contribution in [0, 0.1) is 6.92 Å². The molecule has 1 rings (SSSR count). The Kier molecular flexibility index (Phi) is 3.45. The van der Waals surface area contributed by atoms with Gasteiger partial charge in [-0.05, 0) is 13.3 Å². The molecule has 0 atom stereocenters. The molecule has 0 spiro atoms. The van der Waals surface area contributed by atoms with E-state index in [0.717, 1.165) is 0 Å². The molecule has 0 aliphatic rings. The number of hydrogen-bond acceptors (Lipinski definition) is 4. The highest BCUT2D eigenvalue weighted by molar-refractivity contribution is 5.91. The summed E-state index contributed by atoms with van der Waals surface area (Å²) in [4.78, 5) is 11.2. The van der Waals surface area contributed by atoms with Crippen molar-refractivity contribution in [2.24, 2.45) is 0 Å². The fourth-order valence-corrected chi connectivity index (χ4v) is 0.839. The van der Waals surface area contributed by atoms with Crippen molar-refractivity contribution in [2.75, 3.05) is 13.2 Å². The zero-order valence-corrected chi connectivity index (χ0v) is 7.41. The van der Waals surface area contributed by atoms with Gasteiger partial charge in [0.15, 0.2) is 0 Å². The van der Waals surface area contributed by atoms with Crippen molar-refractivity contribution in [3.63, 3.8) is 0 Å². The number of aromatic nitrogens is 1. The molecule has 1 aromatic rings. The number of rotatable bonds is 4. The Morgan fingerprint density at radius 1 is 1.77 bits per heavy atom. The number of aliphatic hydroxyl groups is 1. The molecule has 2 N–H and O–H groups in total. The van der Waals surface area contributed by atoms with Crippen LogP contribution in [0.15, 0.2) is 10.6 Å². The Hall–Kier alpha value is -1.36. The van der Waals surface area contributed by atoms with E-state index >= 15 is 0 Å². The second-order valence-electron chi connectivity index (χ2n) is 2.67. The summed E-state index contributed by atoms with van der Waals surface area (Å²) >= 11 is 0. The molecule has 0 radical (unpaired) electrons. The van der Waals surface area contributed by atoms with Crippen LogP contribution in [0.4, 0.5) is 0 Å². The Morgan fingerprint density at radius 3 is 3.08 bits per heavy atom. The van der Waals surface area contributed by atoms with E-state index in [1.54, 1.807) is 13.0 Å². The molecule has 5 heteroatoms. The number of aryl methyl sites for hydroxylation is 1. The maximum absolute atomic E-state index is 11.2. The molecule has 0 aromatic carbocycles. The number of carbonyl (C=O) groups is 1. The predicted molar refractivity (Wildman–Crippen MR) is 45.3 cm³/mol. The van der Waals surface area contributed by atoms with Gasteiger partial charge in [0.25, 0.3) is 5.91 Å². The molecular weight excluding hydrogens is 172 g/mol. The van der Waals surface area contributed by atoms with E-state index in [2.05, 4.69) is 10.5 Å². The van der Waals surface area contributed by atoms with E-state index in [-0.39, 0.29) is 18.3 Å². The zero-order chi connectivity index (χ0) is 9.68. The number of nitrogens with one attached hydrogen (secondary N) is 1. The Morgan fingerprint density at radius 2 is 2.54 bits per heavy atom. The molecule has 0 bridgehead atoms. The second kappa shape index (κ2) is 4.61. The Labute approximate surface area is 75.7 Å². The van der Waals surface area contributed by atoms with E-state index < -0.39 is 0 Å². The fraction of sp³-hybridized carbons (Fsp3) is 0.500. The first-order chi connectivity index (χ1) is 6.24. The zero-order valence-electron chi connectivity index (χ0n) is 7.41. The molecule has 0 saturated carbocycles. The predicted octanol–water partition coefficient (Wildman–Crippen LogP) is 0.0952. The van der Waals surface area contributed by atoms with Gasteiger partial charge in [-0.25, -0.2) is 0 Å². The Bertz CT molecular complexity index is 283. The van der Waals surface area contributed by atoms with Crippen molar-refractivity contribution in [2.45, 2.75) is 13.3 Å². The van der Waals surface area contributed by atoms with Gasteiger partial charge in [0, 0.05) is 19.2 Å². The van der Waals surface area contributed by atoms with E-state index in [1.165, 1.54) is 0 Å². The summed E-state index contributed by atoms with van der Waals surface area (Å²) < 4.78 is 4.73. The van der Waals surface area contributed by atoms with Crippen molar-refractivity contribution < 1.29 is 14.4 Å². The average molecular weight is 184 g/mol. The number of hydrogen-bond donors (Lipinski definition) is 2. The molecule has 0 unspecified atom stereocenters. The van der Waals surface area contributed by atoms with Gasteiger partial charge in [0.2, 0.25) is 5.76 Å². The Balaban J connectivity index is 2.40. The minimum Gasteiger partial charge on any atom is -0.396 e. The van der Waals surface area contributed by atoms with Gasteiger partial charge in [-0.2, -0.15) is 0 Å². The van der Waals surface area contributed by atoms with Crippen molar-refractivity contribution >= 4 is 5.91 Å². The highest BCUT2D eigenvalue weighted by Gasteiger charge is 2.09. The molecule has 0 aliphatic carbocycles. The van der Waals surface area contributed by atoms with Gasteiger partial charge in [0.1, 0.15) is 0 Å². The van der Waals surface area contributed by atoms with E-state index in [1.807, 2.05) is 0 Å². The quantitative estimate of drug-likeness (QED) is 0.650. The van der Waals surface area contributed by atoms with Gasteiger partial charge in [-0.3, -0.25) is 4.79 Å². The molecule has 0 saturated heterocycles. The first-order valence-electron chi connectivity index (χ1n) is 4.06. The molecule has 13 heavy (non-hydrogen) atoms. The standard InChI is InChI=1S/C8H12N2O3/c1-6-5-7(13-10-6)8(12)9-3-2-4-11/h5,11H,2-4H2,1H3,(H,9,12). The summed E-state index contributed by atoms with van der Waals surface area (Å²) in [7, 11) is 0. The lowest BCUT2D eigenvalue weighted by atomic mass is 10.3.